The first-order valence-electron chi connectivity index (χ1n) is 9.82. The lowest BCUT2D eigenvalue weighted by Gasteiger charge is -2.38. The molecule has 152 valence electrons. The lowest BCUT2D eigenvalue weighted by atomic mass is 10.1. The van der Waals surface area contributed by atoms with Gasteiger partial charge >= 0.3 is 0 Å². The SMILES string of the molecule is CC(=O)c1ccc(N2CCN(C(C)C(=O)Nc3ccc4c(c3)OCO4)CC2)cc1. The summed E-state index contributed by atoms with van der Waals surface area (Å²) in [6, 6.07) is 12.9. The van der Waals surface area contributed by atoms with Crippen molar-refractivity contribution < 1.29 is 19.1 Å². The number of anilines is 2. The molecule has 0 spiro atoms. The van der Waals surface area contributed by atoms with Gasteiger partial charge in [-0.3, -0.25) is 14.5 Å². The molecule has 1 amide bonds. The normalized spacial score (nSPS) is 17.1. The van der Waals surface area contributed by atoms with E-state index in [1.807, 2.05) is 37.3 Å². The molecule has 7 nitrogen and oxygen atoms in total. The van der Waals surface area contributed by atoms with E-state index in [0.717, 1.165) is 37.4 Å². The number of nitrogens with zero attached hydrogens (tertiary/aromatic N) is 2. The molecule has 7 heteroatoms. The lowest BCUT2D eigenvalue weighted by molar-refractivity contribution is -0.120. The van der Waals surface area contributed by atoms with Crippen molar-refractivity contribution in [2.45, 2.75) is 19.9 Å². The van der Waals surface area contributed by atoms with Gasteiger partial charge in [0.25, 0.3) is 0 Å². The van der Waals surface area contributed by atoms with E-state index in [0.29, 0.717) is 17.2 Å². The highest BCUT2D eigenvalue weighted by Gasteiger charge is 2.26. The minimum atomic E-state index is -0.234. The molecule has 2 aliphatic heterocycles. The van der Waals surface area contributed by atoms with Crippen molar-refractivity contribution in [3.8, 4) is 11.5 Å². The van der Waals surface area contributed by atoms with Crippen molar-refractivity contribution in [2.24, 2.45) is 0 Å². The Hall–Kier alpha value is -3.06. The molecule has 1 N–H and O–H groups in total. The van der Waals surface area contributed by atoms with Crippen LogP contribution in [0.5, 0.6) is 11.5 Å². The maximum absolute atomic E-state index is 12.7. The minimum Gasteiger partial charge on any atom is -0.454 e. The predicted molar refractivity (Wildman–Crippen MR) is 111 cm³/mol. The van der Waals surface area contributed by atoms with Gasteiger partial charge < -0.3 is 19.7 Å². The number of fused-ring (bicyclic) bond motifs is 1. The van der Waals surface area contributed by atoms with Gasteiger partial charge in [0, 0.05) is 49.2 Å². The molecule has 4 rings (SSSR count). The molecule has 0 aliphatic carbocycles. The fraction of sp³-hybridized carbons (Fsp3) is 0.364. The first kappa shape index (κ1) is 19.3. The molecule has 0 saturated carbocycles. The fourth-order valence-electron chi connectivity index (χ4n) is 3.66. The third kappa shape index (κ3) is 4.19. The number of Topliss-reactive ketones (excluding diaryl/α,β-unsaturated/α-hetero) is 1. The average Bonchev–Trinajstić information content (AvgIpc) is 3.21. The van der Waals surface area contributed by atoms with Crippen LogP contribution in [-0.2, 0) is 4.79 Å². The van der Waals surface area contributed by atoms with Crippen LogP contribution in [0.2, 0.25) is 0 Å². The van der Waals surface area contributed by atoms with Crippen molar-refractivity contribution in [3.63, 3.8) is 0 Å². The Morgan fingerprint density at radius 3 is 2.34 bits per heavy atom. The number of benzene rings is 2. The summed E-state index contributed by atoms with van der Waals surface area (Å²) in [5, 5.41) is 2.97. The highest BCUT2D eigenvalue weighted by Crippen LogP contribution is 2.34. The molecule has 1 unspecified atom stereocenters. The largest absolute Gasteiger partial charge is 0.454 e. The number of piperazine rings is 1. The minimum absolute atomic E-state index is 0.0388. The summed E-state index contributed by atoms with van der Waals surface area (Å²) < 4.78 is 10.7. The topological polar surface area (TPSA) is 71.1 Å². The van der Waals surface area contributed by atoms with Gasteiger partial charge in [0.1, 0.15) is 0 Å². The molecule has 1 fully saturated rings. The zero-order chi connectivity index (χ0) is 20.4. The van der Waals surface area contributed by atoms with E-state index in [-0.39, 0.29) is 24.5 Å². The summed E-state index contributed by atoms with van der Waals surface area (Å²) in [6.07, 6.45) is 0. The molecular formula is C22H25N3O4. The standard InChI is InChI=1S/C22H25N3O4/c1-15(22(27)23-18-5-8-20-21(13-18)29-14-28-20)24-9-11-25(12-10-24)19-6-3-17(4-7-19)16(2)26/h3-8,13,15H,9-12,14H2,1-2H3,(H,23,27). The van der Waals surface area contributed by atoms with Crippen LogP contribution in [0.4, 0.5) is 11.4 Å². The first-order chi connectivity index (χ1) is 14.0. The summed E-state index contributed by atoms with van der Waals surface area (Å²) in [7, 11) is 0. The molecule has 0 radical (unpaired) electrons. The Kier molecular flexibility index (Phi) is 5.40. The van der Waals surface area contributed by atoms with E-state index < -0.39 is 0 Å². The highest BCUT2D eigenvalue weighted by molar-refractivity contribution is 5.95. The van der Waals surface area contributed by atoms with Gasteiger partial charge in [0.05, 0.1) is 6.04 Å². The predicted octanol–water partition coefficient (Wildman–Crippen LogP) is 2.77. The van der Waals surface area contributed by atoms with E-state index in [9.17, 15) is 9.59 Å². The van der Waals surface area contributed by atoms with Crippen LogP contribution >= 0.6 is 0 Å². The maximum Gasteiger partial charge on any atom is 0.241 e. The summed E-state index contributed by atoms with van der Waals surface area (Å²) in [4.78, 5) is 28.6. The first-order valence-corrected chi connectivity index (χ1v) is 9.82. The summed E-state index contributed by atoms with van der Waals surface area (Å²) in [6.45, 7) is 6.98. The zero-order valence-corrected chi connectivity index (χ0v) is 16.7. The molecule has 1 saturated heterocycles. The fourth-order valence-corrected chi connectivity index (χ4v) is 3.66. The Morgan fingerprint density at radius 1 is 0.966 bits per heavy atom. The maximum atomic E-state index is 12.7. The van der Waals surface area contributed by atoms with Crippen molar-refractivity contribution in [2.75, 3.05) is 43.2 Å². The van der Waals surface area contributed by atoms with E-state index in [4.69, 9.17) is 9.47 Å². The molecule has 29 heavy (non-hydrogen) atoms. The van der Waals surface area contributed by atoms with Crippen molar-refractivity contribution in [1.29, 1.82) is 0 Å². The molecule has 0 bridgehead atoms. The molecule has 2 aromatic rings. The van der Waals surface area contributed by atoms with Crippen LogP contribution in [0.25, 0.3) is 0 Å². The number of nitrogens with one attached hydrogen (secondary N) is 1. The van der Waals surface area contributed by atoms with Gasteiger partial charge in [0.15, 0.2) is 17.3 Å². The van der Waals surface area contributed by atoms with Crippen LogP contribution in [-0.4, -0.2) is 55.6 Å². The van der Waals surface area contributed by atoms with Crippen molar-refractivity contribution in [1.82, 2.24) is 4.90 Å². The number of hydrogen-bond acceptors (Lipinski definition) is 6. The smallest absolute Gasteiger partial charge is 0.241 e. The summed E-state index contributed by atoms with van der Waals surface area (Å²) >= 11 is 0. The van der Waals surface area contributed by atoms with Crippen LogP contribution in [0.3, 0.4) is 0 Å². The van der Waals surface area contributed by atoms with Gasteiger partial charge in [-0.1, -0.05) is 0 Å². The van der Waals surface area contributed by atoms with Crippen LogP contribution in [0, 0.1) is 0 Å². The van der Waals surface area contributed by atoms with Gasteiger partial charge in [-0.15, -0.1) is 0 Å². The van der Waals surface area contributed by atoms with Crippen molar-refractivity contribution >= 4 is 23.1 Å². The number of rotatable bonds is 5. The Bertz CT molecular complexity index is 905. The van der Waals surface area contributed by atoms with E-state index in [1.165, 1.54) is 0 Å². The molecule has 0 aromatic heterocycles. The Morgan fingerprint density at radius 2 is 1.66 bits per heavy atom. The van der Waals surface area contributed by atoms with Gasteiger partial charge in [0.2, 0.25) is 12.7 Å². The number of hydrogen-bond donors (Lipinski definition) is 1. The second kappa shape index (κ2) is 8.13. The van der Waals surface area contributed by atoms with E-state index in [1.54, 1.807) is 19.1 Å². The van der Waals surface area contributed by atoms with Crippen molar-refractivity contribution in [3.05, 3.63) is 48.0 Å². The third-order valence-electron chi connectivity index (χ3n) is 5.52. The second-order valence-electron chi connectivity index (χ2n) is 7.36. The lowest BCUT2D eigenvalue weighted by Crippen LogP contribution is -2.52. The quantitative estimate of drug-likeness (QED) is 0.785. The average molecular weight is 395 g/mol. The van der Waals surface area contributed by atoms with Gasteiger partial charge in [-0.25, -0.2) is 0 Å². The monoisotopic (exact) mass is 395 g/mol. The Balaban J connectivity index is 1.31. The second-order valence-corrected chi connectivity index (χ2v) is 7.36. The molecule has 1 atom stereocenters. The molecule has 2 aromatic carbocycles. The highest BCUT2D eigenvalue weighted by atomic mass is 16.7. The summed E-state index contributed by atoms with van der Waals surface area (Å²) in [5.74, 6) is 1.38. The number of ether oxygens (including phenoxy) is 2. The van der Waals surface area contributed by atoms with Crippen LogP contribution < -0.4 is 19.7 Å². The number of carbonyl (C=O) groups excluding carboxylic acids is 2. The van der Waals surface area contributed by atoms with Crippen LogP contribution in [0.15, 0.2) is 42.5 Å². The van der Waals surface area contributed by atoms with Crippen LogP contribution in [0.1, 0.15) is 24.2 Å². The molecule has 2 heterocycles. The Labute approximate surface area is 170 Å². The van der Waals surface area contributed by atoms with E-state index >= 15 is 0 Å². The molecular weight excluding hydrogens is 370 g/mol. The number of ketones is 1. The van der Waals surface area contributed by atoms with Gasteiger partial charge in [-0.05, 0) is 50.2 Å². The zero-order valence-electron chi connectivity index (χ0n) is 16.7. The number of amides is 1. The number of carbonyl (C=O) groups is 2. The third-order valence-corrected chi connectivity index (χ3v) is 5.52. The summed E-state index contributed by atoms with van der Waals surface area (Å²) in [5.41, 5.74) is 2.53. The van der Waals surface area contributed by atoms with Gasteiger partial charge in [-0.2, -0.15) is 0 Å². The van der Waals surface area contributed by atoms with E-state index in [2.05, 4.69) is 15.1 Å². The molecule has 2 aliphatic rings.